The molecule has 0 radical (unpaired) electrons. The van der Waals surface area contributed by atoms with E-state index >= 15 is 0 Å². The molecule has 5 N–H and O–H groups in total. The molecule has 1 aromatic carbocycles. The number of aliphatic hydroxyl groups excluding tert-OH is 1. The molecule has 3 aliphatic rings. The van der Waals surface area contributed by atoms with Gasteiger partial charge in [-0.25, -0.2) is 0 Å². The van der Waals surface area contributed by atoms with Crippen LogP contribution in [0.15, 0.2) is 18.2 Å². The van der Waals surface area contributed by atoms with Crippen molar-refractivity contribution in [2.45, 2.75) is 57.1 Å². The van der Waals surface area contributed by atoms with Gasteiger partial charge in [-0.2, -0.15) is 5.48 Å². The van der Waals surface area contributed by atoms with Gasteiger partial charge < -0.3 is 15.2 Å². The summed E-state index contributed by atoms with van der Waals surface area (Å²) in [6.07, 6.45) is 1.00. The number of rotatable bonds is 4. The van der Waals surface area contributed by atoms with Gasteiger partial charge in [0.2, 0.25) is 6.41 Å². The Kier molecular flexibility index (Phi) is 4.72. The van der Waals surface area contributed by atoms with Crippen LogP contribution in [0.5, 0.6) is 0 Å². The predicted octanol–water partition coefficient (Wildman–Crippen LogP) is -0.0865. The second-order valence-electron chi connectivity index (χ2n) is 6.68. The summed E-state index contributed by atoms with van der Waals surface area (Å²) in [5.41, 5.74) is 6.55. The number of carbonyl (C=O) groups is 1. The third-order valence-corrected chi connectivity index (χ3v) is 5.01. The van der Waals surface area contributed by atoms with Gasteiger partial charge in [0.25, 0.3) is 5.91 Å². The van der Waals surface area contributed by atoms with Crippen LogP contribution in [-0.2, 0) is 20.8 Å². The highest BCUT2D eigenvalue weighted by molar-refractivity contribution is 5.82. The van der Waals surface area contributed by atoms with E-state index in [1.54, 1.807) is 0 Å². The molecule has 8 heteroatoms. The molecule has 0 bridgehead atoms. The number of aryl methyl sites for hydroxylation is 1. The van der Waals surface area contributed by atoms with E-state index in [0.29, 0.717) is 6.54 Å². The number of amides is 1. The molecule has 5 atom stereocenters. The lowest BCUT2D eigenvalue weighted by molar-refractivity contribution is -0.144. The second kappa shape index (κ2) is 6.99. The summed E-state index contributed by atoms with van der Waals surface area (Å²) in [6.45, 7) is 2.39. The van der Waals surface area contributed by atoms with Crippen molar-refractivity contribution in [3.05, 3.63) is 34.9 Å². The Labute approximate surface area is 146 Å². The number of carbonyl (C=O) groups excluding carboxylic acids is 1. The Morgan fingerprint density at radius 2 is 2.32 bits per heavy atom. The Bertz CT molecular complexity index is 656. The molecule has 8 nitrogen and oxygen atoms in total. The van der Waals surface area contributed by atoms with Crippen molar-refractivity contribution in [2.24, 2.45) is 0 Å². The number of hydrogen-bond donors (Lipinski definition) is 5. The van der Waals surface area contributed by atoms with Gasteiger partial charge in [-0.3, -0.25) is 20.3 Å². The van der Waals surface area contributed by atoms with Crippen LogP contribution in [0.3, 0.4) is 0 Å². The Morgan fingerprint density at radius 3 is 3.04 bits per heavy atom. The zero-order valence-electron chi connectivity index (χ0n) is 14.1. The topological polar surface area (TPSA) is 104 Å². The summed E-state index contributed by atoms with van der Waals surface area (Å²) in [7, 11) is 0. The summed E-state index contributed by atoms with van der Waals surface area (Å²) in [5, 5.41) is 18.4. The van der Waals surface area contributed by atoms with Gasteiger partial charge in [0.15, 0.2) is 6.10 Å². The summed E-state index contributed by atoms with van der Waals surface area (Å²) in [5.74, 6) is -0.190. The van der Waals surface area contributed by atoms with Crippen molar-refractivity contribution >= 4 is 5.91 Å². The molecule has 2 aliphatic heterocycles. The van der Waals surface area contributed by atoms with Crippen LogP contribution >= 0.6 is 0 Å². The Balaban J connectivity index is 1.42. The van der Waals surface area contributed by atoms with Crippen molar-refractivity contribution in [2.75, 3.05) is 6.54 Å². The van der Waals surface area contributed by atoms with Crippen LogP contribution in [-0.4, -0.2) is 36.3 Å². The number of ether oxygens (including phenoxy) is 1. The zero-order valence-corrected chi connectivity index (χ0v) is 14.1. The maximum atomic E-state index is 12.3. The predicted molar refractivity (Wildman–Crippen MR) is 88.7 cm³/mol. The summed E-state index contributed by atoms with van der Waals surface area (Å²) < 4.78 is 5.13. The maximum absolute atomic E-state index is 12.3. The standard InChI is InChI=1S/C17H24N4O4/c1-2-14-20-15(21-25-14)10-3-5-11-9(7-10)4-6-12(11)19-16(22)13-8-18-17(23)24-13/h3,5,7,12-15,17-18,20-21,23H,2,4,6,8H2,1H3,(H,19,22)/t12-,13?,14?,15?,17?/m1/s1. The van der Waals surface area contributed by atoms with Crippen molar-refractivity contribution < 1.29 is 19.5 Å². The SMILES string of the molecule is CCC1NC(c2ccc3c(c2)CC[C@H]3NC(=O)C2CNC(O)O2)NO1. The number of nitrogens with one attached hydrogen (secondary N) is 4. The number of hydroxylamine groups is 1. The zero-order chi connectivity index (χ0) is 17.4. The molecule has 1 aromatic rings. The molecule has 1 amide bonds. The van der Waals surface area contributed by atoms with Gasteiger partial charge in [-0.15, -0.1) is 0 Å². The lowest BCUT2D eigenvalue weighted by atomic mass is 10.0. The first kappa shape index (κ1) is 16.9. The van der Waals surface area contributed by atoms with Crippen molar-refractivity contribution in [1.82, 2.24) is 21.4 Å². The van der Waals surface area contributed by atoms with E-state index in [4.69, 9.17) is 9.57 Å². The molecule has 4 unspecified atom stereocenters. The van der Waals surface area contributed by atoms with E-state index in [2.05, 4.69) is 46.6 Å². The Hall–Kier alpha value is -1.55. The third-order valence-electron chi connectivity index (χ3n) is 5.01. The monoisotopic (exact) mass is 348 g/mol. The minimum absolute atomic E-state index is 0.0108. The van der Waals surface area contributed by atoms with E-state index in [0.717, 1.165) is 30.4 Å². The van der Waals surface area contributed by atoms with Crippen LogP contribution in [0, 0.1) is 0 Å². The molecule has 1 aliphatic carbocycles. The fraction of sp³-hybridized carbons (Fsp3) is 0.588. The minimum atomic E-state index is -1.06. The second-order valence-corrected chi connectivity index (χ2v) is 6.68. The van der Waals surface area contributed by atoms with E-state index in [1.807, 2.05) is 0 Å². The molecule has 25 heavy (non-hydrogen) atoms. The van der Waals surface area contributed by atoms with E-state index in [-0.39, 0.29) is 24.3 Å². The molecule has 2 fully saturated rings. The molecular formula is C17H24N4O4. The van der Waals surface area contributed by atoms with Gasteiger partial charge in [-0.1, -0.05) is 25.1 Å². The number of aliphatic hydroxyl groups is 1. The highest BCUT2D eigenvalue weighted by Gasteiger charge is 2.33. The normalized spacial score (nSPS) is 34.2. The first-order valence-electron chi connectivity index (χ1n) is 8.81. The van der Waals surface area contributed by atoms with Crippen LogP contribution in [0.4, 0.5) is 0 Å². The fourth-order valence-electron chi connectivity index (χ4n) is 3.62. The van der Waals surface area contributed by atoms with Crippen molar-refractivity contribution in [3.8, 4) is 0 Å². The highest BCUT2D eigenvalue weighted by atomic mass is 16.7. The number of fused-ring (bicyclic) bond motifs is 1. The molecule has 0 aromatic heterocycles. The van der Waals surface area contributed by atoms with Gasteiger partial charge in [-0.05, 0) is 36.0 Å². The van der Waals surface area contributed by atoms with Gasteiger partial charge >= 0.3 is 0 Å². The fourth-order valence-corrected chi connectivity index (χ4v) is 3.62. The molecule has 4 rings (SSSR count). The van der Waals surface area contributed by atoms with E-state index in [1.165, 1.54) is 5.56 Å². The first-order chi connectivity index (χ1) is 12.1. The molecule has 0 saturated carbocycles. The maximum Gasteiger partial charge on any atom is 0.251 e. The molecule has 2 heterocycles. The van der Waals surface area contributed by atoms with Crippen LogP contribution in [0.25, 0.3) is 0 Å². The highest BCUT2D eigenvalue weighted by Crippen LogP contribution is 2.33. The summed E-state index contributed by atoms with van der Waals surface area (Å²) >= 11 is 0. The van der Waals surface area contributed by atoms with Crippen LogP contribution in [0.1, 0.15) is 48.7 Å². The average Bonchev–Trinajstić information content (AvgIpc) is 3.34. The first-order valence-corrected chi connectivity index (χ1v) is 8.81. The number of hydrogen-bond acceptors (Lipinski definition) is 7. The quantitative estimate of drug-likeness (QED) is 0.518. The Morgan fingerprint density at radius 1 is 1.44 bits per heavy atom. The lowest BCUT2D eigenvalue weighted by Crippen LogP contribution is -2.38. The molecule has 0 spiro atoms. The van der Waals surface area contributed by atoms with Gasteiger partial charge in [0.1, 0.15) is 12.4 Å². The van der Waals surface area contributed by atoms with E-state index in [9.17, 15) is 9.90 Å². The van der Waals surface area contributed by atoms with Crippen LogP contribution < -0.4 is 21.4 Å². The average molecular weight is 348 g/mol. The molecule has 2 saturated heterocycles. The minimum Gasteiger partial charge on any atom is -0.356 e. The summed E-state index contributed by atoms with van der Waals surface area (Å²) in [6, 6.07) is 6.30. The van der Waals surface area contributed by atoms with Crippen LogP contribution in [0.2, 0.25) is 0 Å². The van der Waals surface area contributed by atoms with Crippen molar-refractivity contribution in [1.29, 1.82) is 0 Å². The largest absolute Gasteiger partial charge is 0.356 e. The summed E-state index contributed by atoms with van der Waals surface area (Å²) in [4.78, 5) is 17.7. The molecular weight excluding hydrogens is 324 g/mol. The van der Waals surface area contributed by atoms with E-state index < -0.39 is 12.5 Å². The van der Waals surface area contributed by atoms with Gasteiger partial charge in [0, 0.05) is 6.54 Å². The molecule has 136 valence electrons. The van der Waals surface area contributed by atoms with Gasteiger partial charge in [0.05, 0.1) is 6.04 Å². The smallest absolute Gasteiger partial charge is 0.251 e. The third kappa shape index (κ3) is 3.41. The number of benzene rings is 1. The lowest BCUT2D eigenvalue weighted by Gasteiger charge is -2.18. The van der Waals surface area contributed by atoms with Crippen molar-refractivity contribution in [3.63, 3.8) is 0 Å².